The SMILES string of the molecule is COc1cc(N)cc(C(=O)N(C)CCc2ccccn2)c1. The third-order valence-corrected chi connectivity index (χ3v) is 3.19. The first-order chi connectivity index (χ1) is 10.1. The Morgan fingerprint density at radius 3 is 2.81 bits per heavy atom. The summed E-state index contributed by atoms with van der Waals surface area (Å²) in [7, 11) is 3.31. The number of hydrogen-bond donors (Lipinski definition) is 1. The van der Waals surface area contributed by atoms with Gasteiger partial charge < -0.3 is 15.4 Å². The highest BCUT2D eigenvalue weighted by atomic mass is 16.5. The summed E-state index contributed by atoms with van der Waals surface area (Å²) in [6, 6.07) is 10.8. The highest BCUT2D eigenvalue weighted by Crippen LogP contribution is 2.19. The third-order valence-electron chi connectivity index (χ3n) is 3.19. The van der Waals surface area contributed by atoms with Gasteiger partial charge in [0.05, 0.1) is 7.11 Å². The molecule has 0 fully saturated rings. The summed E-state index contributed by atoms with van der Waals surface area (Å²) in [5, 5.41) is 0. The van der Waals surface area contributed by atoms with Crippen LogP contribution < -0.4 is 10.5 Å². The van der Waals surface area contributed by atoms with Crippen molar-refractivity contribution in [3.63, 3.8) is 0 Å². The Morgan fingerprint density at radius 2 is 2.14 bits per heavy atom. The zero-order valence-corrected chi connectivity index (χ0v) is 12.2. The van der Waals surface area contributed by atoms with Gasteiger partial charge in [0.25, 0.3) is 5.91 Å². The normalized spacial score (nSPS) is 10.2. The van der Waals surface area contributed by atoms with Crippen molar-refractivity contribution in [2.24, 2.45) is 0 Å². The van der Waals surface area contributed by atoms with Gasteiger partial charge in [-0.05, 0) is 24.3 Å². The molecule has 1 aromatic carbocycles. The molecule has 0 saturated heterocycles. The molecule has 0 spiro atoms. The van der Waals surface area contributed by atoms with Crippen LogP contribution in [0.25, 0.3) is 0 Å². The number of ether oxygens (including phenoxy) is 1. The van der Waals surface area contributed by atoms with Crippen LogP contribution in [0.4, 0.5) is 5.69 Å². The molecule has 2 N–H and O–H groups in total. The number of carbonyl (C=O) groups excluding carboxylic acids is 1. The second kappa shape index (κ2) is 6.74. The number of hydrogen-bond acceptors (Lipinski definition) is 4. The molecule has 21 heavy (non-hydrogen) atoms. The molecule has 1 heterocycles. The fourth-order valence-electron chi connectivity index (χ4n) is 2.01. The summed E-state index contributed by atoms with van der Waals surface area (Å²) in [4.78, 5) is 18.3. The molecule has 0 radical (unpaired) electrons. The number of nitrogen functional groups attached to an aromatic ring is 1. The van der Waals surface area contributed by atoms with Crippen LogP contribution in [0.5, 0.6) is 5.75 Å². The number of rotatable bonds is 5. The van der Waals surface area contributed by atoms with Gasteiger partial charge in [0.2, 0.25) is 0 Å². The highest BCUT2D eigenvalue weighted by molar-refractivity contribution is 5.95. The molecule has 1 aromatic heterocycles. The third kappa shape index (κ3) is 3.95. The number of benzene rings is 1. The maximum atomic E-state index is 12.4. The summed E-state index contributed by atoms with van der Waals surface area (Å²) < 4.78 is 5.13. The lowest BCUT2D eigenvalue weighted by molar-refractivity contribution is 0.0796. The van der Waals surface area contributed by atoms with Gasteiger partial charge >= 0.3 is 0 Å². The zero-order valence-electron chi connectivity index (χ0n) is 12.2. The molecule has 0 atom stereocenters. The van der Waals surface area contributed by atoms with E-state index in [1.54, 1.807) is 43.5 Å². The average Bonchev–Trinajstić information content (AvgIpc) is 2.52. The molecule has 1 amide bonds. The van der Waals surface area contributed by atoms with E-state index in [0.717, 1.165) is 5.69 Å². The molecule has 110 valence electrons. The van der Waals surface area contributed by atoms with Crippen molar-refractivity contribution >= 4 is 11.6 Å². The van der Waals surface area contributed by atoms with Crippen LogP contribution in [0.15, 0.2) is 42.6 Å². The van der Waals surface area contributed by atoms with Gasteiger partial charge in [0.15, 0.2) is 0 Å². The van der Waals surface area contributed by atoms with Crippen LogP contribution in [0.1, 0.15) is 16.1 Å². The van der Waals surface area contributed by atoms with E-state index in [4.69, 9.17) is 10.5 Å². The van der Waals surface area contributed by atoms with Crippen LogP contribution in [0.2, 0.25) is 0 Å². The number of anilines is 1. The lowest BCUT2D eigenvalue weighted by Crippen LogP contribution is -2.29. The van der Waals surface area contributed by atoms with Crippen LogP contribution in [0, 0.1) is 0 Å². The van der Waals surface area contributed by atoms with Crippen LogP contribution in [-0.4, -0.2) is 36.5 Å². The number of methoxy groups -OCH3 is 1. The average molecular weight is 285 g/mol. The van der Waals surface area contributed by atoms with E-state index in [1.807, 2.05) is 18.2 Å². The lowest BCUT2D eigenvalue weighted by atomic mass is 10.1. The van der Waals surface area contributed by atoms with E-state index in [-0.39, 0.29) is 5.91 Å². The number of amides is 1. The van der Waals surface area contributed by atoms with E-state index in [0.29, 0.717) is 30.0 Å². The molecule has 0 aliphatic carbocycles. The van der Waals surface area contributed by atoms with E-state index >= 15 is 0 Å². The van der Waals surface area contributed by atoms with Crippen molar-refractivity contribution < 1.29 is 9.53 Å². The van der Waals surface area contributed by atoms with Gasteiger partial charge in [0, 0.05) is 49.2 Å². The van der Waals surface area contributed by atoms with E-state index < -0.39 is 0 Å². The summed E-state index contributed by atoms with van der Waals surface area (Å²) in [5.74, 6) is 0.494. The van der Waals surface area contributed by atoms with Gasteiger partial charge in [-0.25, -0.2) is 0 Å². The van der Waals surface area contributed by atoms with E-state index in [9.17, 15) is 4.79 Å². The Bertz CT molecular complexity index is 614. The second-order valence-corrected chi connectivity index (χ2v) is 4.79. The minimum atomic E-state index is -0.0865. The van der Waals surface area contributed by atoms with Gasteiger partial charge in [-0.2, -0.15) is 0 Å². The van der Waals surface area contributed by atoms with Crippen molar-refractivity contribution in [3.05, 3.63) is 53.9 Å². The summed E-state index contributed by atoms with van der Waals surface area (Å²) in [5.41, 5.74) is 7.77. The van der Waals surface area contributed by atoms with Gasteiger partial charge in [-0.15, -0.1) is 0 Å². The molecule has 0 bridgehead atoms. The Labute approximate surface area is 124 Å². The van der Waals surface area contributed by atoms with Gasteiger partial charge in [-0.3, -0.25) is 9.78 Å². The Hall–Kier alpha value is -2.56. The van der Waals surface area contributed by atoms with Crippen molar-refractivity contribution in [1.82, 2.24) is 9.88 Å². The molecular formula is C16H19N3O2. The van der Waals surface area contributed by atoms with Crippen molar-refractivity contribution in [1.29, 1.82) is 0 Å². The van der Waals surface area contributed by atoms with Crippen molar-refractivity contribution in [2.75, 3.05) is 26.4 Å². The molecule has 2 rings (SSSR count). The molecule has 2 aromatic rings. The first kappa shape index (κ1) is 14.8. The predicted molar refractivity (Wildman–Crippen MR) is 82.3 cm³/mol. The smallest absolute Gasteiger partial charge is 0.253 e. The number of likely N-dealkylation sites (N-methyl/N-ethyl adjacent to an activating group) is 1. The minimum absolute atomic E-state index is 0.0865. The maximum absolute atomic E-state index is 12.4. The minimum Gasteiger partial charge on any atom is -0.497 e. The Kier molecular flexibility index (Phi) is 4.77. The van der Waals surface area contributed by atoms with Crippen molar-refractivity contribution in [3.8, 4) is 5.75 Å². The summed E-state index contributed by atoms with van der Waals surface area (Å²) in [6.07, 6.45) is 2.46. The topological polar surface area (TPSA) is 68.5 Å². The Balaban J connectivity index is 2.03. The van der Waals surface area contributed by atoms with Crippen LogP contribution in [0.3, 0.4) is 0 Å². The molecule has 0 aliphatic rings. The maximum Gasteiger partial charge on any atom is 0.253 e. The number of aromatic nitrogens is 1. The van der Waals surface area contributed by atoms with Crippen LogP contribution in [-0.2, 0) is 6.42 Å². The lowest BCUT2D eigenvalue weighted by Gasteiger charge is -2.17. The first-order valence-electron chi connectivity index (χ1n) is 6.70. The van der Waals surface area contributed by atoms with Crippen LogP contribution >= 0.6 is 0 Å². The zero-order chi connectivity index (χ0) is 15.2. The van der Waals surface area contributed by atoms with E-state index in [1.165, 1.54) is 0 Å². The fraction of sp³-hybridized carbons (Fsp3) is 0.250. The van der Waals surface area contributed by atoms with Crippen molar-refractivity contribution in [2.45, 2.75) is 6.42 Å². The largest absolute Gasteiger partial charge is 0.497 e. The number of nitrogens with zero attached hydrogens (tertiary/aromatic N) is 2. The molecule has 0 unspecified atom stereocenters. The number of nitrogens with two attached hydrogens (primary N) is 1. The molecule has 0 aliphatic heterocycles. The summed E-state index contributed by atoms with van der Waals surface area (Å²) in [6.45, 7) is 0.590. The van der Waals surface area contributed by atoms with Gasteiger partial charge in [0.1, 0.15) is 5.75 Å². The number of pyridine rings is 1. The number of carbonyl (C=O) groups is 1. The second-order valence-electron chi connectivity index (χ2n) is 4.79. The summed E-state index contributed by atoms with van der Waals surface area (Å²) >= 11 is 0. The van der Waals surface area contributed by atoms with E-state index in [2.05, 4.69) is 4.98 Å². The highest BCUT2D eigenvalue weighted by Gasteiger charge is 2.13. The standard InChI is InChI=1S/C16H19N3O2/c1-19(8-6-14-5-3-4-7-18-14)16(20)12-9-13(17)11-15(10-12)21-2/h3-5,7,9-11H,6,8,17H2,1-2H3. The molecular weight excluding hydrogens is 266 g/mol. The Morgan fingerprint density at radius 1 is 1.33 bits per heavy atom. The fourth-order valence-corrected chi connectivity index (χ4v) is 2.01. The molecule has 5 heteroatoms. The first-order valence-corrected chi connectivity index (χ1v) is 6.70. The van der Waals surface area contributed by atoms with Gasteiger partial charge in [-0.1, -0.05) is 6.07 Å². The quantitative estimate of drug-likeness (QED) is 0.853. The molecule has 5 nitrogen and oxygen atoms in total. The predicted octanol–water partition coefficient (Wildman–Crippen LogP) is 1.99. The monoisotopic (exact) mass is 285 g/mol. The molecule has 0 saturated carbocycles.